The molecule has 0 bridgehead atoms. The van der Waals surface area contributed by atoms with E-state index in [-0.39, 0.29) is 0 Å². The van der Waals surface area contributed by atoms with Crippen molar-refractivity contribution in [2.24, 2.45) is 0 Å². The molecule has 0 saturated heterocycles. The van der Waals surface area contributed by atoms with Crippen LogP contribution >= 0.6 is 0 Å². The lowest BCUT2D eigenvalue weighted by molar-refractivity contribution is -0.137. The molecule has 0 saturated carbocycles. The molecule has 3 nitrogen and oxygen atoms in total. The van der Waals surface area contributed by atoms with Crippen LogP contribution in [-0.4, -0.2) is 26.5 Å². The average molecular weight is 123 g/mol. The first-order chi connectivity index (χ1) is 4.16. The predicted octanol–water partition coefficient (Wildman–Crippen LogP) is 0.101. The van der Waals surface area contributed by atoms with Gasteiger partial charge in [-0.25, -0.2) is 4.39 Å². The second-order valence-electron chi connectivity index (χ2n) is 1.04. The van der Waals surface area contributed by atoms with E-state index in [1.165, 1.54) is 0 Å². The Kier molecular flexibility index (Phi) is 3.10. The van der Waals surface area contributed by atoms with E-state index in [0.29, 0.717) is 0 Å². The minimum Gasteiger partial charge on any atom is -0.462 e. The van der Waals surface area contributed by atoms with Crippen LogP contribution in [0.4, 0.5) is 4.39 Å². The fraction of sp³-hybridized carbons (Fsp3) is 0.750. The Hall–Kier alpha value is -0.640. The van der Waals surface area contributed by atoms with E-state index in [9.17, 15) is 9.18 Å². The summed E-state index contributed by atoms with van der Waals surface area (Å²) in [4.78, 5) is 9.69. The van der Waals surface area contributed by atoms with Crippen molar-refractivity contribution < 1.29 is 20.0 Å². The lowest BCUT2D eigenvalue weighted by Crippen LogP contribution is -2.10. The molecule has 0 aliphatic rings. The van der Waals surface area contributed by atoms with Crippen molar-refractivity contribution in [1.82, 2.24) is 0 Å². The first kappa shape index (κ1) is 5.50. The zero-order valence-electron chi connectivity index (χ0n) is 5.39. The maximum Gasteiger partial charge on any atom is 0.293 e. The first-order valence-corrected chi connectivity index (χ1v) is 1.97. The van der Waals surface area contributed by atoms with E-state index in [1.54, 1.807) is 0 Å². The lowest BCUT2D eigenvalue weighted by atomic mass is 10.7. The summed E-state index contributed by atoms with van der Waals surface area (Å²) in [5.41, 5.74) is 0. The average Bonchev–Trinajstić information content (AvgIpc) is 1.83. The summed E-state index contributed by atoms with van der Waals surface area (Å²) >= 11 is 0. The van der Waals surface area contributed by atoms with Crippen LogP contribution in [0.5, 0.6) is 0 Å². The van der Waals surface area contributed by atoms with Gasteiger partial charge in [0.2, 0.25) is 6.36 Å². The largest absolute Gasteiger partial charge is 0.462 e. The van der Waals surface area contributed by atoms with Crippen LogP contribution in [0.25, 0.3) is 0 Å². The van der Waals surface area contributed by atoms with E-state index < -0.39 is 19.4 Å². The molecule has 0 aliphatic heterocycles. The molecule has 0 N–H and O–H groups in total. The standard InChI is InChI=1S/C4H7FO3/c1-7-4(5)2-8-3-6/h3-4H,2H2,1H3/i3D. The van der Waals surface area contributed by atoms with Gasteiger partial charge in [-0.05, 0) is 0 Å². The quantitative estimate of drug-likeness (QED) is 0.499. The number of methoxy groups -OCH3 is 1. The van der Waals surface area contributed by atoms with Gasteiger partial charge in [-0.15, -0.1) is 0 Å². The van der Waals surface area contributed by atoms with Crippen molar-refractivity contribution >= 4 is 6.45 Å². The molecular weight excluding hydrogens is 115 g/mol. The van der Waals surface area contributed by atoms with Crippen molar-refractivity contribution in [3.63, 3.8) is 0 Å². The molecular formula is C4H7FO3. The van der Waals surface area contributed by atoms with E-state index in [4.69, 9.17) is 1.37 Å². The Morgan fingerprint density at radius 1 is 2.12 bits per heavy atom. The number of halogens is 1. The zero-order valence-corrected chi connectivity index (χ0v) is 4.39. The summed E-state index contributed by atoms with van der Waals surface area (Å²) in [6.07, 6.45) is -2.88. The second-order valence-corrected chi connectivity index (χ2v) is 1.04. The highest BCUT2D eigenvalue weighted by molar-refractivity contribution is 5.36. The molecule has 0 heterocycles. The van der Waals surface area contributed by atoms with Crippen LogP contribution in [0.15, 0.2) is 0 Å². The molecule has 0 spiro atoms. The topological polar surface area (TPSA) is 35.5 Å². The number of carbonyl (C=O) groups is 1. The van der Waals surface area contributed by atoms with Crippen LogP contribution < -0.4 is 0 Å². The van der Waals surface area contributed by atoms with Crippen LogP contribution in [0.3, 0.4) is 0 Å². The summed E-state index contributed by atoms with van der Waals surface area (Å²) in [6.45, 7) is -0.515. The van der Waals surface area contributed by atoms with Gasteiger partial charge >= 0.3 is 0 Å². The number of hydrogen-bond donors (Lipinski definition) is 0. The van der Waals surface area contributed by atoms with Crippen molar-refractivity contribution in [3.8, 4) is 0 Å². The Balaban J connectivity index is 3.16. The van der Waals surface area contributed by atoms with E-state index in [1.807, 2.05) is 0 Å². The Labute approximate surface area is 47.8 Å². The number of hydrogen-bond acceptors (Lipinski definition) is 3. The Morgan fingerprint density at radius 3 is 3.12 bits per heavy atom. The van der Waals surface area contributed by atoms with Gasteiger partial charge in [0, 0.05) is 7.11 Å². The van der Waals surface area contributed by atoms with Crippen molar-refractivity contribution in [3.05, 3.63) is 0 Å². The summed E-state index contributed by atoms with van der Waals surface area (Å²) in [5.74, 6) is 0. The highest BCUT2D eigenvalue weighted by Crippen LogP contribution is 1.88. The van der Waals surface area contributed by atoms with Gasteiger partial charge < -0.3 is 9.47 Å². The fourth-order valence-electron chi connectivity index (χ4n) is 0.168. The van der Waals surface area contributed by atoms with Crippen LogP contribution in [0.2, 0.25) is 0 Å². The lowest BCUT2D eigenvalue weighted by Gasteiger charge is -2.01. The SMILES string of the molecule is [2H]C(=O)OCC(F)OC. The molecule has 0 rings (SSSR count). The third-order valence-electron chi connectivity index (χ3n) is 0.529. The van der Waals surface area contributed by atoms with Gasteiger partial charge in [0.1, 0.15) is 6.61 Å². The van der Waals surface area contributed by atoms with E-state index in [2.05, 4.69) is 9.47 Å². The maximum atomic E-state index is 11.9. The maximum absolute atomic E-state index is 11.9. The van der Waals surface area contributed by atoms with Gasteiger partial charge in [0.25, 0.3) is 6.45 Å². The van der Waals surface area contributed by atoms with Crippen molar-refractivity contribution in [1.29, 1.82) is 0 Å². The Morgan fingerprint density at radius 2 is 2.75 bits per heavy atom. The molecule has 0 amide bonds. The molecule has 8 heavy (non-hydrogen) atoms. The van der Waals surface area contributed by atoms with Crippen molar-refractivity contribution in [2.45, 2.75) is 6.36 Å². The molecule has 0 aliphatic carbocycles. The number of ether oxygens (including phenoxy) is 2. The van der Waals surface area contributed by atoms with Crippen LogP contribution in [0, 0.1) is 0 Å². The predicted molar refractivity (Wildman–Crippen MR) is 23.9 cm³/mol. The van der Waals surface area contributed by atoms with Crippen LogP contribution in [-0.2, 0) is 14.3 Å². The van der Waals surface area contributed by atoms with Crippen molar-refractivity contribution in [2.75, 3.05) is 13.7 Å². The molecule has 0 aromatic rings. The first-order valence-electron chi connectivity index (χ1n) is 2.47. The van der Waals surface area contributed by atoms with E-state index in [0.717, 1.165) is 7.11 Å². The fourth-order valence-corrected chi connectivity index (χ4v) is 0.168. The van der Waals surface area contributed by atoms with Gasteiger partial charge in [0.05, 0.1) is 0 Å². The molecule has 0 fully saturated rings. The second kappa shape index (κ2) is 4.52. The minimum absolute atomic E-state index is 0.515. The number of carbonyl (C=O) groups excluding carboxylic acids is 1. The third-order valence-corrected chi connectivity index (χ3v) is 0.529. The van der Waals surface area contributed by atoms with Gasteiger partial charge in [-0.2, -0.15) is 0 Å². The molecule has 0 aromatic carbocycles. The van der Waals surface area contributed by atoms with E-state index >= 15 is 0 Å². The molecule has 4 heteroatoms. The number of rotatable bonds is 3. The molecule has 1 atom stereocenters. The summed E-state index contributed by atoms with van der Waals surface area (Å²) in [6, 6.07) is 0. The molecule has 1 unspecified atom stereocenters. The summed E-state index contributed by atoms with van der Waals surface area (Å²) in [7, 11) is 1.14. The highest BCUT2D eigenvalue weighted by Gasteiger charge is 2.00. The summed E-state index contributed by atoms with van der Waals surface area (Å²) < 4.78 is 26.1. The monoisotopic (exact) mass is 123 g/mol. The molecule has 0 radical (unpaired) electrons. The summed E-state index contributed by atoms with van der Waals surface area (Å²) in [5, 5.41) is 0. The Bertz CT molecular complexity index is 97.8. The van der Waals surface area contributed by atoms with Gasteiger partial charge in [0.15, 0.2) is 1.37 Å². The highest BCUT2D eigenvalue weighted by atomic mass is 19.1. The zero-order chi connectivity index (χ0) is 7.28. The number of alkyl halides is 1. The van der Waals surface area contributed by atoms with Gasteiger partial charge in [-0.1, -0.05) is 0 Å². The minimum atomic E-state index is -1.63. The molecule has 0 aromatic heterocycles. The normalized spacial score (nSPS) is 14.5. The van der Waals surface area contributed by atoms with Crippen LogP contribution in [0.1, 0.15) is 1.37 Å². The molecule has 48 valence electrons. The smallest absolute Gasteiger partial charge is 0.293 e. The van der Waals surface area contributed by atoms with Gasteiger partial charge in [-0.3, -0.25) is 4.79 Å². The third kappa shape index (κ3) is 3.55.